The minimum absolute atomic E-state index is 1.20. The second kappa shape index (κ2) is 3.53. The number of aryl methyl sites for hydroxylation is 1. The van der Waals surface area contributed by atoms with Crippen LogP contribution in [0.3, 0.4) is 0 Å². The molecule has 0 N–H and O–H groups in total. The van der Waals surface area contributed by atoms with Crippen molar-refractivity contribution < 1.29 is 0 Å². The summed E-state index contributed by atoms with van der Waals surface area (Å²) in [5.41, 5.74) is 3.71. The van der Waals surface area contributed by atoms with E-state index in [1.807, 2.05) is 12.1 Å². The lowest BCUT2D eigenvalue weighted by Gasteiger charge is -2.05. The Morgan fingerprint density at radius 2 is 1.81 bits per heavy atom. The summed E-state index contributed by atoms with van der Waals surface area (Å²) < 4.78 is 2.20. The Hall–Kier alpha value is -2.02. The molecule has 0 amide bonds. The molecule has 77 valence electrons. The van der Waals surface area contributed by atoms with Gasteiger partial charge in [0.25, 0.3) is 0 Å². The summed E-state index contributed by atoms with van der Waals surface area (Å²) in [4.78, 5) is 0. The molecule has 2 aromatic carbocycles. The number of benzene rings is 2. The van der Waals surface area contributed by atoms with Crippen molar-refractivity contribution in [3.63, 3.8) is 0 Å². The van der Waals surface area contributed by atoms with E-state index in [1.54, 1.807) is 0 Å². The van der Waals surface area contributed by atoms with Gasteiger partial charge in [0.1, 0.15) is 0 Å². The fourth-order valence-corrected chi connectivity index (χ4v) is 1.95. The summed E-state index contributed by atoms with van der Waals surface area (Å²) in [5, 5.41) is 1.23. The Balaban J connectivity index is 2.22. The van der Waals surface area contributed by atoms with Gasteiger partial charge in [-0.25, -0.2) is 0 Å². The van der Waals surface area contributed by atoms with E-state index in [1.165, 1.54) is 22.2 Å². The van der Waals surface area contributed by atoms with Crippen LogP contribution in [0.15, 0.2) is 54.7 Å². The first-order valence-corrected chi connectivity index (χ1v) is 5.39. The first kappa shape index (κ1) is 9.22. The molecule has 1 radical (unpaired) electrons. The molecule has 0 aliphatic heterocycles. The standard InChI is InChI=1S/C15H12N/c1-12-6-8-14(9-7-12)16-11-10-13-4-2-3-5-15(13)16/h3-11H,1H3. The number of fused-ring (bicyclic) bond motifs is 1. The monoisotopic (exact) mass is 206 g/mol. The van der Waals surface area contributed by atoms with Gasteiger partial charge >= 0.3 is 0 Å². The molecule has 0 bridgehead atoms. The first-order chi connectivity index (χ1) is 7.84. The molecule has 0 aliphatic carbocycles. The minimum atomic E-state index is 1.20. The summed E-state index contributed by atoms with van der Waals surface area (Å²) in [6, 6.07) is 19.8. The van der Waals surface area contributed by atoms with Gasteiger partial charge in [-0.15, -0.1) is 0 Å². The third-order valence-corrected chi connectivity index (χ3v) is 2.85. The average molecular weight is 206 g/mol. The van der Waals surface area contributed by atoms with Crippen molar-refractivity contribution in [3.8, 4) is 5.69 Å². The average Bonchev–Trinajstić information content (AvgIpc) is 2.74. The molecule has 1 heterocycles. The second-order valence-corrected chi connectivity index (χ2v) is 4.01. The predicted octanol–water partition coefficient (Wildman–Crippen LogP) is 3.74. The van der Waals surface area contributed by atoms with Crippen molar-refractivity contribution in [2.45, 2.75) is 6.92 Å². The fourth-order valence-electron chi connectivity index (χ4n) is 1.95. The van der Waals surface area contributed by atoms with E-state index in [0.717, 1.165) is 0 Å². The molecule has 16 heavy (non-hydrogen) atoms. The quantitative estimate of drug-likeness (QED) is 0.571. The zero-order chi connectivity index (χ0) is 11.0. The summed E-state index contributed by atoms with van der Waals surface area (Å²) in [5.74, 6) is 0. The zero-order valence-electron chi connectivity index (χ0n) is 9.14. The molecule has 0 unspecified atom stereocenters. The lowest BCUT2D eigenvalue weighted by Crippen LogP contribution is -1.90. The molecule has 0 aliphatic rings. The SMILES string of the molecule is Cc1ccc(-n2ccc3c[c]ccc32)cc1. The third kappa shape index (κ3) is 1.41. The van der Waals surface area contributed by atoms with Crippen LogP contribution >= 0.6 is 0 Å². The van der Waals surface area contributed by atoms with Gasteiger partial charge in [-0.2, -0.15) is 0 Å². The van der Waals surface area contributed by atoms with E-state index in [-0.39, 0.29) is 0 Å². The lowest BCUT2D eigenvalue weighted by molar-refractivity contribution is 1.12. The van der Waals surface area contributed by atoms with Crippen LogP contribution in [0.4, 0.5) is 0 Å². The number of nitrogens with zero attached hydrogens (tertiary/aromatic N) is 1. The lowest BCUT2D eigenvalue weighted by atomic mass is 10.2. The van der Waals surface area contributed by atoms with E-state index in [0.29, 0.717) is 0 Å². The van der Waals surface area contributed by atoms with Gasteiger partial charge in [0.05, 0.1) is 5.52 Å². The first-order valence-electron chi connectivity index (χ1n) is 5.39. The molecule has 3 aromatic rings. The minimum Gasteiger partial charge on any atom is -0.317 e. The van der Waals surface area contributed by atoms with Crippen LogP contribution in [0, 0.1) is 13.0 Å². The van der Waals surface area contributed by atoms with Crippen LogP contribution in [-0.4, -0.2) is 4.57 Å². The van der Waals surface area contributed by atoms with Gasteiger partial charge in [-0.3, -0.25) is 0 Å². The van der Waals surface area contributed by atoms with Crippen LogP contribution in [0.2, 0.25) is 0 Å². The van der Waals surface area contributed by atoms with Gasteiger partial charge in [-0.1, -0.05) is 23.8 Å². The normalized spacial score (nSPS) is 10.8. The summed E-state index contributed by atoms with van der Waals surface area (Å²) in [6.45, 7) is 2.10. The van der Waals surface area contributed by atoms with Crippen LogP contribution in [0.25, 0.3) is 16.6 Å². The van der Waals surface area contributed by atoms with Gasteiger partial charge < -0.3 is 4.57 Å². The van der Waals surface area contributed by atoms with E-state index in [2.05, 4.69) is 60.2 Å². The van der Waals surface area contributed by atoms with Crippen molar-refractivity contribution >= 4 is 10.9 Å². The zero-order valence-corrected chi connectivity index (χ0v) is 9.14. The van der Waals surface area contributed by atoms with E-state index in [4.69, 9.17) is 0 Å². The molecule has 1 heteroatoms. The van der Waals surface area contributed by atoms with Crippen LogP contribution in [0.1, 0.15) is 5.56 Å². The Kier molecular flexibility index (Phi) is 2.03. The highest BCUT2D eigenvalue weighted by Gasteiger charge is 2.01. The van der Waals surface area contributed by atoms with Crippen molar-refractivity contribution in [1.29, 1.82) is 0 Å². The van der Waals surface area contributed by atoms with Gasteiger partial charge in [0.2, 0.25) is 0 Å². The Morgan fingerprint density at radius 3 is 2.62 bits per heavy atom. The third-order valence-electron chi connectivity index (χ3n) is 2.85. The van der Waals surface area contributed by atoms with Gasteiger partial charge in [0.15, 0.2) is 0 Å². The van der Waals surface area contributed by atoms with Crippen molar-refractivity contribution in [1.82, 2.24) is 4.57 Å². The topological polar surface area (TPSA) is 4.93 Å². The Labute approximate surface area is 95.0 Å². The molecule has 1 nitrogen and oxygen atoms in total. The maximum atomic E-state index is 3.10. The summed E-state index contributed by atoms with van der Waals surface area (Å²) >= 11 is 0. The van der Waals surface area contributed by atoms with Crippen molar-refractivity contribution in [2.75, 3.05) is 0 Å². The maximum absolute atomic E-state index is 3.10. The highest BCUT2D eigenvalue weighted by molar-refractivity contribution is 5.81. The molecule has 0 spiro atoms. The number of aromatic nitrogens is 1. The molecular weight excluding hydrogens is 194 g/mol. The molecular formula is C15H12N. The fraction of sp³-hybridized carbons (Fsp3) is 0.0667. The van der Waals surface area contributed by atoms with Crippen LogP contribution in [0.5, 0.6) is 0 Å². The summed E-state index contributed by atoms with van der Waals surface area (Å²) in [6.07, 6.45) is 2.10. The highest BCUT2D eigenvalue weighted by Crippen LogP contribution is 2.19. The number of rotatable bonds is 1. The maximum Gasteiger partial charge on any atom is 0.0528 e. The summed E-state index contributed by atoms with van der Waals surface area (Å²) in [7, 11) is 0. The Morgan fingerprint density at radius 1 is 1.00 bits per heavy atom. The van der Waals surface area contributed by atoms with Crippen molar-refractivity contribution in [2.24, 2.45) is 0 Å². The van der Waals surface area contributed by atoms with E-state index in [9.17, 15) is 0 Å². The largest absolute Gasteiger partial charge is 0.317 e. The highest BCUT2D eigenvalue weighted by atomic mass is 15.0. The molecule has 3 rings (SSSR count). The smallest absolute Gasteiger partial charge is 0.0528 e. The van der Waals surface area contributed by atoms with Gasteiger partial charge in [0, 0.05) is 17.3 Å². The van der Waals surface area contributed by atoms with Gasteiger partial charge in [-0.05, 0) is 43.3 Å². The molecule has 1 aromatic heterocycles. The van der Waals surface area contributed by atoms with Crippen molar-refractivity contribution in [3.05, 3.63) is 66.4 Å². The van der Waals surface area contributed by atoms with Crippen LogP contribution < -0.4 is 0 Å². The number of hydrogen-bond donors (Lipinski definition) is 0. The molecule has 0 saturated carbocycles. The molecule has 0 saturated heterocycles. The molecule has 0 atom stereocenters. The van der Waals surface area contributed by atoms with E-state index >= 15 is 0 Å². The second-order valence-electron chi connectivity index (χ2n) is 4.01. The Bertz CT molecular complexity index is 617. The predicted molar refractivity (Wildman–Crippen MR) is 66.8 cm³/mol. The molecule has 0 fully saturated rings. The number of hydrogen-bond acceptors (Lipinski definition) is 0. The van der Waals surface area contributed by atoms with E-state index < -0.39 is 0 Å². The van der Waals surface area contributed by atoms with Crippen LogP contribution in [-0.2, 0) is 0 Å².